The van der Waals surface area contributed by atoms with E-state index in [4.69, 9.17) is 4.42 Å². The lowest BCUT2D eigenvalue weighted by Gasteiger charge is -2.08. The third-order valence-electron chi connectivity index (χ3n) is 4.26. The molecule has 3 aromatic rings. The van der Waals surface area contributed by atoms with E-state index in [1.165, 1.54) is 31.2 Å². The first-order valence-electron chi connectivity index (χ1n) is 8.87. The summed E-state index contributed by atoms with van der Waals surface area (Å²) in [7, 11) is 0. The molecule has 0 bridgehead atoms. The van der Waals surface area contributed by atoms with Crippen LogP contribution in [0.15, 0.2) is 69.1 Å². The predicted molar refractivity (Wildman–Crippen MR) is 117 cm³/mol. The summed E-state index contributed by atoms with van der Waals surface area (Å²) >= 11 is 3.28. The fourth-order valence-corrected chi connectivity index (χ4v) is 3.33. The fourth-order valence-electron chi connectivity index (χ4n) is 2.77. The van der Waals surface area contributed by atoms with Crippen LogP contribution in [0.5, 0.6) is 0 Å². The van der Waals surface area contributed by atoms with Gasteiger partial charge in [-0.15, -0.1) is 0 Å². The number of nitro benzene ring substituents is 1. The number of hydrogen-bond acceptors (Lipinski definition) is 6. The lowest BCUT2D eigenvalue weighted by atomic mass is 10.1. The standard InChI is InChI=1S/C22H14BrN3O5/c1-13(27)17-4-2-3-5-20(17)25-22(28)14(12-24)10-16-7-9-21(31-16)18-8-6-15(26(29)30)11-19(18)23/h2-11H,1H3,(H,25,28)/b14-10-. The highest BCUT2D eigenvalue weighted by Crippen LogP contribution is 2.33. The summed E-state index contributed by atoms with van der Waals surface area (Å²) < 4.78 is 6.15. The number of furan rings is 1. The Kier molecular flexibility index (Phi) is 6.43. The van der Waals surface area contributed by atoms with Crippen molar-refractivity contribution < 1.29 is 18.9 Å². The van der Waals surface area contributed by atoms with E-state index in [1.54, 1.807) is 36.4 Å². The minimum atomic E-state index is -0.689. The summed E-state index contributed by atoms with van der Waals surface area (Å²) in [5.74, 6) is -0.271. The number of para-hydroxylation sites is 1. The number of nitriles is 1. The van der Waals surface area contributed by atoms with Crippen molar-refractivity contribution in [2.45, 2.75) is 6.92 Å². The Balaban J connectivity index is 1.85. The van der Waals surface area contributed by atoms with E-state index >= 15 is 0 Å². The van der Waals surface area contributed by atoms with Gasteiger partial charge in [-0.1, -0.05) is 12.1 Å². The minimum absolute atomic E-state index is 0.0726. The topological polar surface area (TPSA) is 126 Å². The van der Waals surface area contributed by atoms with Crippen molar-refractivity contribution in [1.82, 2.24) is 0 Å². The number of halogens is 1. The lowest BCUT2D eigenvalue weighted by molar-refractivity contribution is -0.384. The number of amides is 1. The molecule has 0 unspecified atom stereocenters. The summed E-state index contributed by atoms with van der Waals surface area (Å²) in [6.45, 7) is 1.38. The summed E-state index contributed by atoms with van der Waals surface area (Å²) in [5.41, 5.74) is 0.912. The minimum Gasteiger partial charge on any atom is -0.457 e. The second-order valence-corrected chi connectivity index (χ2v) is 7.20. The van der Waals surface area contributed by atoms with Crippen molar-refractivity contribution in [3.05, 3.63) is 86.1 Å². The number of benzene rings is 2. The van der Waals surface area contributed by atoms with Gasteiger partial charge in [-0.3, -0.25) is 19.7 Å². The van der Waals surface area contributed by atoms with E-state index < -0.39 is 10.8 Å². The number of Topliss-reactive ketones (excluding diaryl/α,β-unsaturated/α-hetero) is 1. The number of rotatable bonds is 6. The molecule has 0 atom stereocenters. The molecule has 1 N–H and O–H groups in total. The SMILES string of the molecule is CC(=O)c1ccccc1NC(=O)/C(C#N)=C\c1ccc(-c2ccc([N+](=O)[O-])cc2Br)o1. The third kappa shape index (κ3) is 4.94. The Morgan fingerprint density at radius 3 is 2.58 bits per heavy atom. The number of nitrogens with one attached hydrogen (secondary N) is 1. The third-order valence-corrected chi connectivity index (χ3v) is 4.92. The van der Waals surface area contributed by atoms with Crippen LogP contribution in [0.25, 0.3) is 17.4 Å². The van der Waals surface area contributed by atoms with Crippen molar-refractivity contribution >= 4 is 45.1 Å². The van der Waals surface area contributed by atoms with Crippen LogP contribution in [0.2, 0.25) is 0 Å². The molecule has 1 amide bonds. The van der Waals surface area contributed by atoms with Gasteiger partial charge in [0, 0.05) is 33.8 Å². The zero-order valence-electron chi connectivity index (χ0n) is 16.1. The number of nitrogens with zero attached hydrogens (tertiary/aromatic N) is 2. The molecule has 1 aromatic heterocycles. The maximum atomic E-state index is 12.5. The first-order valence-corrected chi connectivity index (χ1v) is 9.66. The summed E-state index contributed by atoms with van der Waals surface area (Å²) in [5, 5.41) is 22.8. The fraction of sp³-hybridized carbons (Fsp3) is 0.0455. The Morgan fingerprint density at radius 1 is 1.19 bits per heavy atom. The molecule has 3 rings (SSSR count). The lowest BCUT2D eigenvalue weighted by Crippen LogP contribution is -2.15. The number of anilines is 1. The van der Waals surface area contributed by atoms with Crippen molar-refractivity contribution in [1.29, 1.82) is 5.26 Å². The highest BCUT2D eigenvalue weighted by atomic mass is 79.9. The molecule has 0 saturated heterocycles. The zero-order chi connectivity index (χ0) is 22.5. The van der Waals surface area contributed by atoms with Crippen LogP contribution < -0.4 is 5.32 Å². The van der Waals surface area contributed by atoms with Gasteiger partial charge in [0.25, 0.3) is 11.6 Å². The Labute approximate surface area is 185 Å². The van der Waals surface area contributed by atoms with E-state index in [1.807, 2.05) is 6.07 Å². The van der Waals surface area contributed by atoms with Crippen LogP contribution >= 0.6 is 15.9 Å². The number of hydrogen-bond donors (Lipinski definition) is 1. The molecule has 0 aliphatic heterocycles. The molecule has 0 aliphatic rings. The summed E-state index contributed by atoms with van der Waals surface area (Å²) in [6.07, 6.45) is 1.27. The smallest absolute Gasteiger partial charge is 0.270 e. The van der Waals surface area contributed by atoms with Crippen LogP contribution in [0.4, 0.5) is 11.4 Å². The Hall–Kier alpha value is -4.03. The van der Waals surface area contributed by atoms with Crippen LogP contribution in [-0.4, -0.2) is 16.6 Å². The molecule has 9 heteroatoms. The van der Waals surface area contributed by atoms with Crippen LogP contribution in [-0.2, 0) is 4.79 Å². The van der Waals surface area contributed by atoms with E-state index in [2.05, 4.69) is 21.2 Å². The molecule has 31 heavy (non-hydrogen) atoms. The van der Waals surface area contributed by atoms with Gasteiger partial charge >= 0.3 is 0 Å². The highest BCUT2D eigenvalue weighted by Gasteiger charge is 2.16. The number of nitro groups is 1. The zero-order valence-corrected chi connectivity index (χ0v) is 17.7. The monoisotopic (exact) mass is 479 g/mol. The molecule has 2 aromatic carbocycles. The number of carbonyl (C=O) groups excluding carboxylic acids is 2. The van der Waals surface area contributed by atoms with E-state index in [-0.39, 0.29) is 22.8 Å². The second kappa shape index (κ2) is 9.19. The van der Waals surface area contributed by atoms with Gasteiger partial charge in [0.1, 0.15) is 23.2 Å². The Morgan fingerprint density at radius 2 is 1.94 bits per heavy atom. The molecule has 8 nitrogen and oxygen atoms in total. The largest absolute Gasteiger partial charge is 0.457 e. The van der Waals surface area contributed by atoms with Gasteiger partial charge in [0.05, 0.1) is 10.6 Å². The Bertz CT molecular complexity index is 1270. The van der Waals surface area contributed by atoms with Gasteiger partial charge in [-0.05, 0) is 53.2 Å². The molecule has 1 heterocycles. The van der Waals surface area contributed by atoms with E-state index in [0.717, 1.165) is 0 Å². The predicted octanol–water partition coefficient (Wildman–Crippen LogP) is 5.37. The van der Waals surface area contributed by atoms with E-state index in [9.17, 15) is 25.0 Å². The quantitative estimate of drug-likeness (QED) is 0.166. The second-order valence-electron chi connectivity index (χ2n) is 6.35. The first-order chi connectivity index (χ1) is 14.8. The first kappa shape index (κ1) is 21.7. The number of ketones is 1. The van der Waals surface area contributed by atoms with Crippen molar-refractivity contribution in [3.8, 4) is 17.4 Å². The summed E-state index contributed by atoms with van der Waals surface area (Å²) in [6, 6.07) is 15.7. The number of carbonyl (C=O) groups is 2. The van der Waals surface area contributed by atoms with Gasteiger partial charge in [-0.2, -0.15) is 5.26 Å². The molecular weight excluding hydrogens is 466 g/mol. The van der Waals surface area contributed by atoms with Gasteiger partial charge in [0.2, 0.25) is 0 Å². The van der Waals surface area contributed by atoms with Gasteiger partial charge in [-0.25, -0.2) is 0 Å². The molecule has 0 fully saturated rings. The highest BCUT2D eigenvalue weighted by molar-refractivity contribution is 9.10. The van der Waals surface area contributed by atoms with Crippen LogP contribution in [0, 0.1) is 21.4 Å². The molecule has 0 saturated carbocycles. The van der Waals surface area contributed by atoms with E-state index in [0.29, 0.717) is 27.0 Å². The van der Waals surface area contributed by atoms with Gasteiger partial charge < -0.3 is 9.73 Å². The average Bonchev–Trinajstić information content (AvgIpc) is 3.20. The molecule has 0 spiro atoms. The maximum Gasteiger partial charge on any atom is 0.270 e. The molecular formula is C22H14BrN3O5. The number of non-ortho nitro benzene ring substituents is 1. The summed E-state index contributed by atoms with van der Waals surface area (Å²) in [4.78, 5) is 34.6. The average molecular weight is 480 g/mol. The van der Waals surface area contributed by atoms with Gasteiger partial charge in [0.15, 0.2) is 5.78 Å². The molecule has 0 radical (unpaired) electrons. The van der Waals surface area contributed by atoms with Crippen LogP contribution in [0.1, 0.15) is 23.0 Å². The molecule has 0 aliphatic carbocycles. The normalized spacial score (nSPS) is 10.9. The van der Waals surface area contributed by atoms with Crippen molar-refractivity contribution in [2.24, 2.45) is 0 Å². The van der Waals surface area contributed by atoms with Crippen molar-refractivity contribution in [2.75, 3.05) is 5.32 Å². The van der Waals surface area contributed by atoms with Crippen molar-refractivity contribution in [3.63, 3.8) is 0 Å². The molecule has 154 valence electrons. The van der Waals surface area contributed by atoms with Crippen LogP contribution in [0.3, 0.4) is 0 Å². The maximum absolute atomic E-state index is 12.5.